The molecule has 1 aromatic rings. The molecule has 0 aromatic heterocycles. The molecule has 1 nitrogen and oxygen atoms in total. The van der Waals surface area contributed by atoms with Gasteiger partial charge in [0.2, 0.25) is 0 Å². The molecule has 1 heterocycles. The molecule has 1 saturated heterocycles. The summed E-state index contributed by atoms with van der Waals surface area (Å²) in [5.74, 6) is -1.59. The van der Waals surface area contributed by atoms with Crippen molar-refractivity contribution in [1.82, 2.24) is 5.32 Å². The van der Waals surface area contributed by atoms with Crippen LogP contribution in [0, 0.1) is 11.6 Å². The second kappa shape index (κ2) is 3.95. The predicted molar refractivity (Wildman–Crippen MR) is 54.0 cm³/mol. The van der Waals surface area contributed by atoms with Crippen molar-refractivity contribution in [3.63, 3.8) is 0 Å². The highest BCUT2D eigenvalue weighted by Crippen LogP contribution is 2.30. The third-order valence-corrected chi connectivity index (χ3v) is 3.16. The summed E-state index contributed by atoms with van der Waals surface area (Å²) in [6, 6.07) is 2.60. The minimum atomic E-state index is -0.807. The van der Waals surface area contributed by atoms with E-state index in [1.807, 2.05) is 0 Å². The summed E-state index contributed by atoms with van der Waals surface area (Å²) in [7, 11) is 0. The molecule has 76 valence electrons. The number of rotatable bonds is 1. The van der Waals surface area contributed by atoms with Crippen molar-refractivity contribution in [1.29, 1.82) is 0 Å². The van der Waals surface area contributed by atoms with Crippen molar-refractivity contribution in [3.05, 3.63) is 33.8 Å². The van der Waals surface area contributed by atoms with Crippen LogP contribution in [0.3, 0.4) is 0 Å². The Morgan fingerprint density at radius 2 is 2.00 bits per heavy atom. The standard InChI is InChI=1S/C10H10BrF2N/c11-7-5-9(13)8(12)4-6(7)10-2-1-3-14-10/h4-5,10,14H,1-3H2/t10-/m1/s1. The summed E-state index contributed by atoms with van der Waals surface area (Å²) >= 11 is 3.24. The van der Waals surface area contributed by atoms with Gasteiger partial charge in [-0.3, -0.25) is 0 Å². The molecule has 0 radical (unpaired) electrons. The van der Waals surface area contributed by atoms with E-state index in [1.54, 1.807) is 0 Å². The Labute approximate surface area is 89.6 Å². The highest BCUT2D eigenvalue weighted by atomic mass is 79.9. The molecule has 4 heteroatoms. The first kappa shape index (κ1) is 10.1. The predicted octanol–water partition coefficient (Wildman–Crippen LogP) is 3.15. The summed E-state index contributed by atoms with van der Waals surface area (Å²) in [6.45, 7) is 0.941. The van der Waals surface area contributed by atoms with Gasteiger partial charge in [0.15, 0.2) is 11.6 Å². The van der Waals surface area contributed by atoms with Crippen LogP contribution < -0.4 is 5.32 Å². The molecule has 0 saturated carbocycles. The Morgan fingerprint density at radius 3 is 2.64 bits per heavy atom. The summed E-state index contributed by atoms with van der Waals surface area (Å²) in [5, 5.41) is 3.24. The number of halogens is 3. The van der Waals surface area contributed by atoms with Gasteiger partial charge in [-0.1, -0.05) is 15.9 Å². The Hall–Kier alpha value is -0.480. The molecule has 1 aliphatic rings. The van der Waals surface area contributed by atoms with Crippen molar-refractivity contribution in [3.8, 4) is 0 Å². The maximum Gasteiger partial charge on any atom is 0.159 e. The van der Waals surface area contributed by atoms with Crippen LogP contribution >= 0.6 is 15.9 Å². The number of benzene rings is 1. The monoisotopic (exact) mass is 261 g/mol. The molecular weight excluding hydrogens is 252 g/mol. The van der Waals surface area contributed by atoms with Gasteiger partial charge in [-0.2, -0.15) is 0 Å². The summed E-state index contributed by atoms with van der Waals surface area (Å²) in [4.78, 5) is 0. The fraction of sp³-hybridized carbons (Fsp3) is 0.400. The van der Waals surface area contributed by atoms with E-state index in [-0.39, 0.29) is 6.04 Å². The van der Waals surface area contributed by atoms with E-state index < -0.39 is 11.6 Å². The number of hydrogen-bond acceptors (Lipinski definition) is 1. The minimum absolute atomic E-state index is 0.152. The van der Waals surface area contributed by atoms with Gasteiger partial charge in [0, 0.05) is 10.5 Å². The maximum atomic E-state index is 13.0. The molecule has 1 N–H and O–H groups in total. The van der Waals surface area contributed by atoms with E-state index in [0.29, 0.717) is 4.47 Å². The molecule has 0 unspecified atom stereocenters. The van der Waals surface area contributed by atoms with E-state index in [4.69, 9.17) is 0 Å². The number of nitrogens with one attached hydrogen (secondary N) is 1. The van der Waals surface area contributed by atoms with Gasteiger partial charge in [0.05, 0.1) is 0 Å². The first-order chi connectivity index (χ1) is 6.68. The Kier molecular flexibility index (Phi) is 2.83. The van der Waals surface area contributed by atoms with Crippen LogP contribution in [0.4, 0.5) is 8.78 Å². The molecule has 14 heavy (non-hydrogen) atoms. The average Bonchev–Trinajstić information content (AvgIpc) is 2.64. The van der Waals surface area contributed by atoms with Crippen molar-refractivity contribution in [2.45, 2.75) is 18.9 Å². The molecule has 1 fully saturated rings. The van der Waals surface area contributed by atoms with Crippen LogP contribution in [0.15, 0.2) is 16.6 Å². The van der Waals surface area contributed by atoms with Crippen LogP contribution in [0.25, 0.3) is 0 Å². The third kappa shape index (κ3) is 1.81. The van der Waals surface area contributed by atoms with Gasteiger partial charge >= 0.3 is 0 Å². The molecule has 0 amide bonds. The van der Waals surface area contributed by atoms with Gasteiger partial charge in [-0.15, -0.1) is 0 Å². The van der Waals surface area contributed by atoms with E-state index in [9.17, 15) is 8.78 Å². The van der Waals surface area contributed by atoms with Gasteiger partial charge in [0.25, 0.3) is 0 Å². The molecule has 1 atom stereocenters. The molecule has 0 bridgehead atoms. The number of hydrogen-bond donors (Lipinski definition) is 1. The Bertz CT molecular complexity index is 348. The lowest BCUT2D eigenvalue weighted by Gasteiger charge is -2.12. The van der Waals surface area contributed by atoms with E-state index in [2.05, 4.69) is 21.2 Å². The fourth-order valence-corrected chi connectivity index (χ4v) is 2.35. The Morgan fingerprint density at radius 1 is 1.29 bits per heavy atom. The highest BCUT2D eigenvalue weighted by molar-refractivity contribution is 9.10. The van der Waals surface area contributed by atoms with Gasteiger partial charge in [-0.05, 0) is 37.1 Å². The summed E-state index contributed by atoms with van der Waals surface area (Å²) in [5.41, 5.74) is 0.807. The fourth-order valence-electron chi connectivity index (χ4n) is 1.75. The Balaban J connectivity index is 2.37. The average molecular weight is 262 g/mol. The molecule has 1 aliphatic heterocycles. The maximum absolute atomic E-state index is 13.0. The molecule has 0 aliphatic carbocycles. The zero-order valence-corrected chi connectivity index (χ0v) is 9.07. The SMILES string of the molecule is Fc1cc(Br)c([C@H]2CCCN2)cc1F. The van der Waals surface area contributed by atoms with Crippen molar-refractivity contribution in [2.75, 3.05) is 6.54 Å². The molecular formula is C10H10BrF2N. The largest absolute Gasteiger partial charge is 0.310 e. The minimum Gasteiger partial charge on any atom is -0.310 e. The molecule has 2 rings (SSSR count). The highest BCUT2D eigenvalue weighted by Gasteiger charge is 2.20. The summed E-state index contributed by atoms with van der Waals surface area (Å²) in [6.07, 6.45) is 2.06. The topological polar surface area (TPSA) is 12.0 Å². The first-order valence-corrected chi connectivity index (χ1v) is 5.35. The van der Waals surface area contributed by atoms with Gasteiger partial charge in [-0.25, -0.2) is 8.78 Å². The molecule has 0 spiro atoms. The van der Waals surface area contributed by atoms with Crippen molar-refractivity contribution < 1.29 is 8.78 Å². The van der Waals surface area contributed by atoms with E-state index in [0.717, 1.165) is 24.9 Å². The lowest BCUT2D eigenvalue weighted by Crippen LogP contribution is -2.13. The zero-order valence-electron chi connectivity index (χ0n) is 7.49. The van der Waals surface area contributed by atoms with Crippen LogP contribution in [0.5, 0.6) is 0 Å². The normalized spacial score (nSPS) is 21.5. The van der Waals surface area contributed by atoms with Gasteiger partial charge < -0.3 is 5.32 Å². The third-order valence-electron chi connectivity index (χ3n) is 2.48. The lowest BCUT2D eigenvalue weighted by molar-refractivity contribution is 0.502. The second-order valence-electron chi connectivity index (χ2n) is 3.44. The van der Waals surface area contributed by atoms with Crippen molar-refractivity contribution in [2.24, 2.45) is 0 Å². The van der Waals surface area contributed by atoms with E-state index >= 15 is 0 Å². The van der Waals surface area contributed by atoms with Crippen LogP contribution in [0.2, 0.25) is 0 Å². The molecule has 1 aromatic carbocycles. The second-order valence-corrected chi connectivity index (χ2v) is 4.29. The zero-order chi connectivity index (χ0) is 10.1. The summed E-state index contributed by atoms with van der Waals surface area (Å²) < 4.78 is 26.4. The quantitative estimate of drug-likeness (QED) is 0.766. The van der Waals surface area contributed by atoms with Crippen molar-refractivity contribution >= 4 is 15.9 Å². The lowest BCUT2D eigenvalue weighted by atomic mass is 10.1. The van der Waals surface area contributed by atoms with Crippen LogP contribution in [-0.2, 0) is 0 Å². The first-order valence-electron chi connectivity index (χ1n) is 4.56. The van der Waals surface area contributed by atoms with Crippen LogP contribution in [-0.4, -0.2) is 6.54 Å². The van der Waals surface area contributed by atoms with E-state index in [1.165, 1.54) is 12.1 Å². The van der Waals surface area contributed by atoms with Gasteiger partial charge in [0.1, 0.15) is 0 Å². The smallest absolute Gasteiger partial charge is 0.159 e. The van der Waals surface area contributed by atoms with Crippen LogP contribution in [0.1, 0.15) is 24.4 Å².